The first-order chi connectivity index (χ1) is 6.18. The van der Waals surface area contributed by atoms with Crippen LogP contribution in [0.5, 0.6) is 0 Å². The van der Waals surface area contributed by atoms with Gasteiger partial charge >= 0.3 is 0 Å². The normalized spacial score (nSPS) is 41.5. The lowest BCUT2D eigenvalue weighted by molar-refractivity contribution is -0.0569. The molecule has 2 rings (SSSR count). The van der Waals surface area contributed by atoms with Crippen molar-refractivity contribution >= 4 is 0 Å². The van der Waals surface area contributed by atoms with E-state index in [-0.39, 0.29) is 0 Å². The van der Waals surface area contributed by atoms with Crippen molar-refractivity contribution in [3.63, 3.8) is 0 Å². The predicted molar refractivity (Wildman–Crippen MR) is 53.7 cm³/mol. The Morgan fingerprint density at radius 3 is 2.31 bits per heavy atom. The summed E-state index contributed by atoms with van der Waals surface area (Å²) in [4.78, 5) is 0. The zero-order chi connectivity index (χ0) is 9.31. The molecule has 0 bridgehead atoms. The van der Waals surface area contributed by atoms with E-state index in [0.717, 1.165) is 12.8 Å². The first-order valence-electron chi connectivity index (χ1n) is 5.67. The van der Waals surface area contributed by atoms with Crippen molar-refractivity contribution in [3.8, 4) is 0 Å². The molecule has 0 spiro atoms. The molecule has 0 aromatic heterocycles. The van der Waals surface area contributed by atoms with Crippen molar-refractivity contribution in [1.29, 1.82) is 0 Å². The molecule has 2 atom stereocenters. The Hall–Kier alpha value is -0.0800. The number of aliphatic hydroxyl groups is 1. The largest absolute Gasteiger partial charge is 0.389 e. The summed E-state index contributed by atoms with van der Waals surface area (Å²) in [6, 6.07) is 1.06. The molecule has 0 aromatic rings. The van der Waals surface area contributed by atoms with E-state index in [1.807, 2.05) is 6.92 Å². The molecule has 0 aromatic carbocycles. The van der Waals surface area contributed by atoms with Gasteiger partial charge < -0.3 is 10.4 Å². The van der Waals surface area contributed by atoms with Crippen LogP contribution in [0.15, 0.2) is 0 Å². The molecule has 2 N–H and O–H groups in total. The van der Waals surface area contributed by atoms with Gasteiger partial charge in [0.1, 0.15) is 0 Å². The molecular weight excluding hydrogens is 162 g/mol. The lowest BCUT2D eigenvalue weighted by atomic mass is 9.75. The van der Waals surface area contributed by atoms with E-state index < -0.39 is 5.60 Å². The standard InChI is InChI=1S/C11H21NO/c1-11(13)8-7-10(11)12-9-5-3-2-4-6-9/h9-10,12-13H,2-8H2,1H3/t10-,11-/m0/s1. The second-order valence-electron chi connectivity index (χ2n) is 4.95. The van der Waals surface area contributed by atoms with Crippen LogP contribution in [0.4, 0.5) is 0 Å². The van der Waals surface area contributed by atoms with E-state index in [2.05, 4.69) is 5.32 Å². The van der Waals surface area contributed by atoms with Crippen LogP contribution in [0, 0.1) is 0 Å². The fourth-order valence-electron chi connectivity index (χ4n) is 2.52. The van der Waals surface area contributed by atoms with Crippen molar-refractivity contribution < 1.29 is 5.11 Å². The predicted octanol–water partition coefficient (Wildman–Crippen LogP) is 1.82. The van der Waals surface area contributed by atoms with E-state index in [9.17, 15) is 5.11 Å². The summed E-state index contributed by atoms with van der Waals surface area (Å²) in [5.41, 5.74) is -0.419. The maximum atomic E-state index is 9.84. The van der Waals surface area contributed by atoms with Gasteiger partial charge in [0.2, 0.25) is 0 Å². The summed E-state index contributed by atoms with van der Waals surface area (Å²) < 4.78 is 0. The van der Waals surface area contributed by atoms with Crippen LogP contribution in [0.1, 0.15) is 51.9 Å². The average molecular weight is 183 g/mol. The highest BCUT2D eigenvalue weighted by Crippen LogP contribution is 2.33. The van der Waals surface area contributed by atoms with E-state index in [1.165, 1.54) is 32.1 Å². The van der Waals surface area contributed by atoms with Crippen LogP contribution in [0.3, 0.4) is 0 Å². The molecule has 2 heteroatoms. The zero-order valence-electron chi connectivity index (χ0n) is 8.55. The minimum atomic E-state index is -0.419. The molecule has 0 unspecified atom stereocenters. The fraction of sp³-hybridized carbons (Fsp3) is 1.00. The maximum absolute atomic E-state index is 9.84. The quantitative estimate of drug-likeness (QED) is 0.684. The van der Waals surface area contributed by atoms with Crippen molar-refractivity contribution in [1.82, 2.24) is 5.32 Å². The number of nitrogens with one attached hydrogen (secondary N) is 1. The fourth-order valence-corrected chi connectivity index (χ4v) is 2.52. The highest BCUT2D eigenvalue weighted by Gasteiger charge is 2.41. The SMILES string of the molecule is C[C@]1(O)CC[C@@H]1NC1CCCCC1. The Bertz CT molecular complexity index is 173. The summed E-state index contributed by atoms with van der Waals surface area (Å²) in [6.07, 6.45) is 8.89. The molecule has 2 aliphatic carbocycles. The molecule has 13 heavy (non-hydrogen) atoms. The third-order valence-electron chi connectivity index (χ3n) is 3.73. The highest BCUT2D eigenvalue weighted by atomic mass is 16.3. The molecule has 0 amide bonds. The van der Waals surface area contributed by atoms with Gasteiger partial charge in [-0.25, -0.2) is 0 Å². The van der Waals surface area contributed by atoms with Crippen LogP contribution in [0.2, 0.25) is 0 Å². The van der Waals surface area contributed by atoms with Crippen LogP contribution in [-0.2, 0) is 0 Å². The van der Waals surface area contributed by atoms with E-state index in [0.29, 0.717) is 12.1 Å². The number of hydrogen-bond acceptors (Lipinski definition) is 2. The van der Waals surface area contributed by atoms with Gasteiger partial charge in [0.25, 0.3) is 0 Å². The molecule has 0 aliphatic heterocycles. The van der Waals surface area contributed by atoms with Crippen molar-refractivity contribution in [3.05, 3.63) is 0 Å². The van der Waals surface area contributed by atoms with Gasteiger partial charge in [-0.15, -0.1) is 0 Å². The molecule has 2 nitrogen and oxygen atoms in total. The molecule has 0 radical (unpaired) electrons. The van der Waals surface area contributed by atoms with Crippen molar-refractivity contribution in [2.24, 2.45) is 0 Å². The van der Waals surface area contributed by atoms with Gasteiger partial charge in [-0.3, -0.25) is 0 Å². The van der Waals surface area contributed by atoms with E-state index in [4.69, 9.17) is 0 Å². The van der Waals surface area contributed by atoms with Gasteiger partial charge in [-0.05, 0) is 32.6 Å². The van der Waals surface area contributed by atoms with Crippen LogP contribution in [0.25, 0.3) is 0 Å². The van der Waals surface area contributed by atoms with Crippen LogP contribution < -0.4 is 5.32 Å². The molecule has 0 heterocycles. The Morgan fingerprint density at radius 1 is 1.15 bits per heavy atom. The number of hydrogen-bond donors (Lipinski definition) is 2. The Balaban J connectivity index is 1.77. The molecule has 0 saturated heterocycles. The van der Waals surface area contributed by atoms with Gasteiger partial charge in [-0.1, -0.05) is 19.3 Å². The molecular formula is C11H21NO. The summed E-state index contributed by atoms with van der Waals surface area (Å²) in [5.74, 6) is 0. The number of rotatable bonds is 2. The minimum absolute atomic E-state index is 0.371. The van der Waals surface area contributed by atoms with Gasteiger partial charge in [0.15, 0.2) is 0 Å². The molecule has 2 aliphatic rings. The highest BCUT2D eigenvalue weighted by molar-refractivity contribution is 4.99. The Kier molecular flexibility index (Phi) is 2.61. The van der Waals surface area contributed by atoms with Crippen LogP contribution >= 0.6 is 0 Å². The topological polar surface area (TPSA) is 32.3 Å². The third-order valence-corrected chi connectivity index (χ3v) is 3.73. The monoisotopic (exact) mass is 183 g/mol. The average Bonchev–Trinajstić information content (AvgIpc) is 2.15. The zero-order valence-corrected chi connectivity index (χ0v) is 8.55. The Morgan fingerprint density at radius 2 is 1.85 bits per heavy atom. The Labute approximate surface area is 80.7 Å². The minimum Gasteiger partial charge on any atom is -0.389 e. The van der Waals surface area contributed by atoms with Crippen molar-refractivity contribution in [2.75, 3.05) is 0 Å². The van der Waals surface area contributed by atoms with Crippen molar-refractivity contribution in [2.45, 2.75) is 69.6 Å². The van der Waals surface area contributed by atoms with Gasteiger partial charge in [0.05, 0.1) is 5.60 Å². The second-order valence-corrected chi connectivity index (χ2v) is 4.95. The molecule has 2 fully saturated rings. The second kappa shape index (κ2) is 3.58. The van der Waals surface area contributed by atoms with E-state index in [1.54, 1.807) is 0 Å². The van der Waals surface area contributed by atoms with Gasteiger partial charge in [0, 0.05) is 12.1 Å². The first kappa shape index (κ1) is 9.47. The third kappa shape index (κ3) is 2.05. The summed E-state index contributed by atoms with van der Waals surface area (Å²) in [7, 11) is 0. The lowest BCUT2D eigenvalue weighted by Crippen LogP contribution is -2.59. The molecule has 2 saturated carbocycles. The summed E-state index contributed by atoms with van der Waals surface area (Å²) in [6.45, 7) is 1.96. The maximum Gasteiger partial charge on any atom is 0.0772 e. The first-order valence-corrected chi connectivity index (χ1v) is 5.67. The lowest BCUT2D eigenvalue weighted by Gasteiger charge is -2.45. The van der Waals surface area contributed by atoms with Crippen LogP contribution in [-0.4, -0.2) is 22.8 Å². The summed E-state index contributed by atoms with van der Waals surface area (Å²) in [5, 5.41) is 13.4. The molecule has 76 valence electrons. The summed E-state index contributed by atoms with van der Waals surface area (Å²) >= 11 is 0. The van der Waals surface area contributed by atoms with Gasteiger partial charge in [-0.2, -0.15) is 0 Å². The smallest absolute Gasteiger partial charge is 0.0772 e. The van der Waals surface area contributed by atoms with E-state index >= 15 is 0 Å².